The Kier molecular flexibility index (Phi) is 4.29. The van der Waals surface area contributed by atoms with Crippen LogP contribution in [-0.2, 0) is 11.3 Å². The van der Waals surface area contributed by atoms with Crippen LogP contribution in [0.2, 0.25) is 5.02 Å². The highest BCUT2D eigenvalue weighted by Gasteiger charge is 2.19. The third-order valence-corrected chi connectivity index (χ3v) is 3.20. The molecular weight excluding hydrogens is 278 g/mol. The lowest BCUT2D eigenvalue weighted by atomic mass is 10.2. The number of hydrogen-bond donors (Lipinski definition) is 1. The molecule has 1 heterocycles. The van der Waals surface area contributed by atoms with Crippen LogP contribution in [0.1, 0.15) is 28.5 Å². The van der Waals surface area contributed by atoms with Crippen molar-refractivity contribution in [1.82, 2.24) is 9.78 Å². The van der Waals surface area contributed by atoms with Gasteiger partial charge in [-0.25, -0.2) is 9.48 Å². The van der Waals surface area contributed by atoms with Crippen LogP contribution in [0.5, 0.6) is 0 Å². The van der Waals surface area contributed by atoms with Gasteiger partial charge >= 0.3 is 5.97 Å². The number of anilines is 1. The second-order valence-corrected chi connectivity index (χ2v) is 4.80. The molecule has 0 amide bonds. The van der Waals surface area contributed by atoms with Crippen molar-refractivity contribution in [1.29, 1.82) is 0 Å². The molecule has 0 bridgehead atoms. The highest BCUT2D eigenvalue weighted by molar-refractivity contribution is 6.30. The van der Waals surface area contributed by atoms with Crippen LogP contribution >= 0.6 is 11.6 Å². The van der Waals surface area contributed by atoms with Gasteiger partial charge in [-0.05, 0) is 31.5 Å². The normalized spacial score (nSPS) is 10.6. The quantitative estimate of drug-likeness (QED) is 0.880. The van der Waals surface area contributed by atoms with Crippen LogP contribution in [0.25, 0.3) is 0 Å². The zero-order valence-corrected chi connectivity index (χ0v) is 12.1. The van der Waals surface area contributed by atoms with E-state index in [0.29, 0.717) is 29.6 Å². The van der Waals surface area contributed by atoms with E-state index in [9.17, 15) is 4.79 Å². The third kappa shape index (κ3) is 2.93. The van der Waals surface area contributed by atoms with Crippen molar-refractivity contribution in [2.45, 2.75) is 20.4 Å². The number of nitrogens with zero attached hydrogens (tertiary/aromatic N) is 2. The maximum Gasteiger partial charge on any atom is 0.359 e. The molecule has 0 atom stereocenters. The molecule has 106 valence electrons. The molecule has 1 aromatic heterocycles. The van der Waals surface area contributed by atoms with Crippen LogP contribution in [0.4, 0.5) is 5.82 Å². The number of carbonyl (C=O) groups is 1. The number of aromatic nitrogens is 2. The van der Waals surface area contributed by atoms with E-state index in [4.69, 9.17) is 22.1 Å². The molecule has 5 nitrogen and oxygen atoms in total. The first-order valence-corrected chi connectivity index (χ1v) is 6.65. The first-order chi connectivity index (χ1) is 9.52. The van der Waals surface area contributed by atoms with E-state index in [2.05, 4.69) is 5.10 Å². The first kappa shape index (κ1) is 14.4. The van der Waals surface area contributed by atoms with Gasteiger partial charge < -0.3 is 10.5 Å². The van der Waals surface area contributed by atoms with E-state index in [1.165, 1.54) is 0 Å². The first-order valence-electron chi connectivity index (χ1n) is 6.27. The van der Waals surface area contributed by atoms with Crippen molar-refractivity contribution in [3.05, 3.63) is 46.1 Å². The summed E-state index contributed by atoms with van der Waals surface area (Å²) in [6.45, 7) is 4.29. The summed E-state index contributed by atoms with van der Waals surface area (Å²) >= 11 is 5.84. The SMILES string of the molecule is CCOC(=O)c1nn(Cc2ccc(Cl)cc2)c(N)c1C. The smallest absolute Gasteiger partial charge is 0.359 e. The largest absolute Gasteiger partial charge is 0.461 e. The third-order valence-electron chi connectivity index (χ3n) is 2.95. The molecule has 0 saturated carbocycles. The molecule has 2 aromatic rings. The molecule has 0 aliphatic heterocycles. The number of carbonyl (C=O) groups excluding carboxylic acids is 1. The number of halogens is 1. The molecule has 2 N–H and O–H groups in total. The average molecular weight is 294 g/mol. The van der Waals surface area contributed by atoms with Crippen molar-refractivity contribution >= 4 is 23.4 Å². The molecule has 20 heavy (non-hydrogen) atoms. The van der Waals surface area contributed by atoms with Gasteiger partial charge in [0.15, 0.2) is 5.69 Å². The lowest BCUT2D eigenvalue weighted by Crippen LogP contribution is -2.09. The van der Waals surface area contributed by atoms with E-state index in [-0.39, 0.29) is 5.69 Å². The lowest BCUT2D eigenvalue weighted by molar-refractivity contribution is 0.0517. The Labute approximate surface area is 122 Å². The summed E-state index contributed by atoms with van der Waals surface area (Å²) in [5.41, 5.74) is 7.88. The highest BCUT2D eigenvalue weighted by Crippen LogP contribution is 2.18. The fourth-order valence-electron chi connectivity index (χ4n) is 1.84. The van der Waals surface area contributed by atoms with Gasteiger partial charge in [-0.3, -0.25) is 0 Å². The molecule has 6 heteroatoms. The summed E-state index contributed by atoms with van der Waals surface area (Å²) in [6, 6.07) is 7.39. The molecule has 0 aliphatic carbocycles. The van der Waals surface area contributed by atoms with Crippen LogP contribution < -0.4 is 5.73 Å². The van der Waals surface area contributed by atoms with Crippen LogP contribution in [0, 0.1) is 6.92 Å². The fraction of sp³-hybridized carbons (Fsp3) is 0.286. The van der Waals surface area contributed by atoms with Gasteiger partial charge in [0.25, 0.3) is 0 Å². The summed E-state index contributed by atoms with van der Waals surface area (Å²) in [5.74, 6) is 0.00885. The number of hydrogen-bond acceptors (Lipinski definition) is 4. The number of benzene rings is 1. The summed E-state index contributed by atoms with van der Waals surface area (Å²) in [4.78, 5) is 11.8. The minimum absolute atomic E-state index is 0.262. The summed E-state index contributed by atoms with van der Waals surface area (Å²) < 4.78 is 6.54. The fourth-order valence-corrected chi connectivity index (χ4v) is 1.97. The Hall–Kier alpha value is -2.01. The van der Waals surface area contributed by atoms with Gasteiger partial charge in [0.1, 0.15) is 5.82 Å². The molecule has 0 fully saturated rings. The van der Waals surface area contributed by atoms with Gasteiger partial charge in [0.2, 0.25) is 0 Å². The zero-order valence-electron chi connectivity index (χ0n) is 11.4. The second kappa shape index (κ2) is 5.96. The number of nitrogens with two attached hydrogens (primary N) is 1. The van der Waals surface area contributed by atoms with E-state index in [0.717, 1.165) is 5.56 Å². The zero-order chi connectivity index (χ0) is 14.7. The van der Waals surface area contributed by atoms with E-state index in [1.807, 2.05) is 12.1 Å². The number of ether oxygens (including phenoxy) is 1. The van der Waals surface area contributed by atoms with Crippen molar-refractivity contribution in [2.75, 3.05) is 12.3 Å². The Morgan fingerprint density at radius 1 is 1.40 bits per heavy atom. The molecule has 1 aromatic carbocycles. The van der Waals surface area contributed by atoms with Gasteiger partial charge in [0, 0.05) is 10.6 Å². The standard InChI is InChI=1S/C14H16ClN3O2/c1-3-20-14(19)12-9(2)13(16)18(17-12)8-10-4-6-11(15)7-5-10/h4-7H,3,8,16H2,1-2H3. The predicted molar refractivity (Wildman–Crippen MR) is 77.9 cm³/mol. The molecular formula is C14H16ClN3O2. The summed E-state index contributed by atoms with van der Waals surface area (Å²) in [5, 5.41) is 4.90. The lowest BCUT2D eigenvalue weighted by Gasteiger charge is -2.04. The number of esters is 1. The monoisotopic (exact) mass is 293 g/mol. The Morgan fingerprint density at radius 3 is 2.65 bits per heavy atom. The molecule has 0 spiro atoms. The van der Waals surface area contributed by atoms with E-state index in [1.54, 1.807) is 30.7 Å². The van der Waals surface area contributed by atoms with Gasteiger partial charge in [0.05, 0.1) is 13.2 Å². The van der Waals surface area contributed by atoms with E-state index < -0.39 is 5.97 Å². The minimum Gasteiger partial charge on any atom is -0.461 e. The Morgan fingerprint density at radius 2 is 2.05 bits per heavy atom. The maximum atomic E-state index is 11.8. The van der Waals surface area contributed by atoms with Crippen LogP contribution in [0.15, 0.2) is 24.3 Å². The van der Waals surface area contributed by atoms with Gasteiger partial charge in [-0.15, -0.1) is 0 Å². The second-order valence-electron chi connectivity index (χ2n) is 4.36. The Balaban J connectivity index is 2.26. The number of rotatable bonds is 4. The predicted octanol–water partition coefficient (Wildman–Crippen LogP) is 2.65. The van der Waals surface area contributed by atoms with Crippen molar-refractivity contribution in [3.63, 3.8) is 0 Å². The molecule has 0 radical (unpaired) electrons. The van der Waals surface area contributed by atoms with Crippen LogP contribution in [0.3, 0.4) is 0 Å². The molecule has 0 aliphatic rings. The topological polar surface area (TPSA) is 70.1 Å². The van der Waals surface area contributed by atoms with Crippen LogP contribution in [-0.4, -0.2) is 22.4 Å². The Bertz CT molecular complexity index is 620. The van der Waals surface area contributed by atoms with Gasteiger partial charge in [-0.2, -0.15) is 5.10 Å². The van der Waals surface area contributed by atoms with Crippen molar-refractivity contribution in [3.8, 4) is 0 Å². The highest BCUT2D eigenvalue weighted by atomic mass is 35.5. The van der Waals surface area contributed by atoms with Crippen molar-refractivity contribution in [2.24, 2.45) is 0 Å². The van der Waals surface area contributed by atoms with E-state index >= 15 is 0 Å². The van der Waals surface area contributed by atoms with Gasteiger partial charge in [-0.1, -0.05) is 23.7 Å². The molecule has 2 rings (SSSR count). The summed E-state index contributed by atoms with van der Waals surface area (Å²) in [6.07, 6.45) is 0. The average Bonchev–Trinajstić information content (AvgIpc) is 2.70. The minimum atomic E-state index is -0.452. The van der Waals surface area contributed by atoms with Crippen molar-refractivity contribution < 1.29 is 9.53 Å². The summed E-state index contributed by atoms with van der Waals surface area (Å²) in [7, 11) is 0. The molecule has 0 saturated heterocycles. The molecule has 0 unspecified atom stereocenters. The maximum absolute atomic E-state index is 11.8. The number of nitrogen functional groups attached to an aromatic ring is 1.